The number of hydrogen-bond donors (Lipinski definition) is 0. The molecule has 0 radical (unpaired) electrons. The summed E-state index contributed by atoms with van der Waals surface area (Å²) < 4.78 is 16.8. The molecule has 0 aliphatic rings. The van der Waals surface area contributed by atoms with Crippen molar-refractivity contribution in [2.45, 2.75) is 298 Å². The standard InChI is InChI=1S/C54H104O6/c1-48(2)40-34-28-22-17-13-10-8-7-9-11-15-19-25-31-37-43-52(55)58-46-51(47-59-53(56)44-38-32-27-21-24-30-36-42-50(5)6)60-54(57)45-39-33-26-20-16-12-14-18-23-29-35-41-49(3)4/h48-51H,7-47H2,1-6H3/t51-/m0/s1. The van der Waals surface area contributed by atoms with Gasteiger partial charge in [-0.3, -0.25) is 14.4 Å². The first-order valence-corrected chi connectivity index (χ1v) is 26.6. The fourth-order valence-electron chi connectivity index (χ4n) is 8.12. The van der Waals surface area contributed by atoms with Gasteiger partial charge in [-0.05, 0) is 37.0 Å². The highest BCUT2D eigenvalue weighted by Gasteiger charge is 2.19. The van der Waals surface area contributed by atoms with Gasteiger partial charge in [0.15, 0.2) is 6.10 Å². The summed E-state index contributed by atoms with van der Waals surface area (Å²) in [5.74, 6) is 1.60. The maximum absolute atomic E-state index is 12.8. The lowest BCUT2D eigenvalue weighted by Gasteiger charge is -2.18. The van der Waals surface area contributed by atoms with Gasteiger partial charge in [0, 0.05) is 19.3 Å². The van der Waals surface area contributed by atoms with Crippen LogP contribution >= 0.6 is 0 Å². The quantitative estimate of drug-likeness (QED) is 0.0345. The smallest absolute Gasteiger partial charge is 0.306 e. The van der Waals surface area contributed by atoms with Gasteiger partial charge in [-0.25, -0.2) is 0 Å². The van der Waals surface area contributed by atoms with E-state index < -0.39 is 6.10 Å². The zero-order valence-corrected chi connectivity index (χ0v) is 41.3. The van der Waals surface area contributed by atoms with Crippen molar-refractivity contribution < 1.29 is 28.6 Å². The zero-order chi connectivity index (χ0) is 44.2. The van der Waals surface area contributed by atoms with Crippen LogP contribution in [0.15, 0.2) is 0 Å². The van der Waals surface area contributed by atoms with E-state index in [0.717, 1.165) is 75.5 Å². The lowest BCUT2D eigenvalue weighted by Crippen LogP contribution is -2.30. The summed E-state index contributed by atoms with van der Waals surface area (Å²) in [5, 5.41) is 0. The molecule has 0 aliphatic carbocycles. The Hall–Kier alpha value is -1.59. The van der Waals surface area contributed by atoms with E-state index >= 15 is 0 Å². The Kier molecular flexibility index (Phi) is 44.2. The zero-order valence-electron chi connectivity index (χ0n) is 41.3. The maximum Gasteiger partial charge on any atom is 0.306 e. The van der Waals surface area contributed by atoms with Gasteiger partial charge in [0.2, 0.25) is 0 Å². The minimum atomic E-state index is -0.763. The van der Waals surface area contributed by atoms with Crippen molar-refractivity contribution in [1.29, 1.82) is 0 Å². The average Bonchev–Trinajstić information content (AvgIpc) is 3.20. The molecule has 356 valence electrons. The number of esters is 3. The molecule has 0 aromatic rings. The first-order chi connectivity index (χ1) is 29.1. The molecule has 6 heteroatoms. The van der Waals surface area contributed by atoms with Gasteiger partial charge in [-0.2, -0.15) is 0 Å². The fraction of sp³-hybridized carbons (Fsp3) is 0.944. The maximum atomic E-state index is 12.8. The van der Waals surface area contributed by atoms with E-state index in [0.29, 0.717) is 19.3 Å². The Morgan fingerprint density at radius 3 is 0.717 bits per heavy atom. The summed E-state index contributed by atoms with van der Waals surface area (Å²) in [6, 6.07) is 0. The third kappa shape index (κ3) is 47.5. The van der Waals surface area contributed by atoms with Crippen LogP contribution in [-0.2, 0) is 28.6 Å². The molecule has 0 rings (SSSR count). The van der Waals surface area contributed by atoms with Gasteiger partial charge in [0.1, 0.15) is 13.2 Å². The minimum absolute atomic E-state index is 0.0648. The molecule has 0 saturated carbocycles. The summed E-state index contributed by atoms with van der Waals surface area (Å²) in [5.41, 5.74) is 0. The lowest BCUT2D eigenvalue weighted by molar-refractivity contribution is -0.167. The van der Waals surface area contributed by atoms with Crippen molar-refractivity contribution >= 4 is 17.9 Å². The van der Waals surface area contributed by atoms with E-state index in [1.54, 1.807) is 0 Å². The van der Waals surface area contributed by atoms with E-state index in [1.165, 1.54) is 173 Å². The van der Waals surface area contributed by atoms with Crippen LogP contribution < -0.4 is 0 Å². The highest BCUT2D eigenvalue weighted by molar-refractivity contribution is 5.71. The van der Waals surface area contributed by atoms with Crippen LogP contribution in [0.5, 0.6) is 0 Å². The van der Waals surface area contributed by atoms with Crippen molar-refractivity contribution in [1.82, 2.24) is 0 Å². The van der Waals surface area contributed by atoms with Gasteiger partial charge >= 0.3 is 17.9 Å². The second-order valence-electron chi connectivity index (χ2n) is 19.9. The fourth-order valence-corrected chi connectivity index (χ4v) is 8.12. The molecule has 0 amide bonds. The summed E-state index contributed by atoms with van der Waals surface area (Å²) in [4.78, 5) is 37.9. The summed E-state index contributed by atoms with van der Waals surface area (Å²) >= 11 is 0. The van der Waals surface area contributed by atoms with Crippen LogP contribution in [-0.4, -0.2) is 37.2 Å². The molecule has 0 spiro atoms. The molecule has 0 bridgehead atoms. The molecule has 6 nitrogen and oxygen atoms in total. The molecule has 0 heterocycles. The monoisotopic (exact) mass is 849 g/mol. The third-order valence-electron chi connectivity index (χ3n) is 12.1. The third-order valence-corrected chi connectivity index (χ3v) is 12.1. The van der Waals surface area contributed by atoms with Crippen LogP contribution in [0.3, 0.4) is 0 Å². The van der Waals surface area contributed by atoms with Gasteiger partial charge in [-0.15, -0.1) is 0 Å². The topological polar surface area (TPSA) is 78.9 Å². The first kappa shape index (κ1) is 58.4. The molecular weight excluding hydrogens is 745 g/mol. The molecule has 0 fully saturated rings. The summed E-state index contributed by atoms with van der Waals surface area (Å²) in [6.45, 7) is 13.7. The number of carbonyl (C=O) groups excluding carboxylic acids is 3. The average molecular weight is 849 g/mol. The van der Waals surface area contributed by atoms with Gasteiger partial charge in [0.25, 0.3) is 0 Å². The highest BCUT2D eigenvalue weighted by atomic mass is 16.6. The van der Waals surface area contributed by atoms with E-state index in [4.69, 9.17) is 14.2 Å². The molecule has 0 N–H and O–H groups in total. The van der Waals surface area contributed by atoms with E-state index in [9.17, 15) is 14.4 Å². The molecule has 0 aromatic heterocycles. The molecule has 0 unspecified atom stereocenters. The Morgan fingerprint density at radius 2 is 0.483 bits per heavy atom. The van der Waals surface area contributed by atoms with Crippen molar-refractivity contribution in [3.63, 3.8) is 0 Å². The Morgan fingerprint density at radius 1 is 0.283 bits per heavy atom. The first-order valence-electron chi connectivity index (χ1n) is 26.6. The number of rotatable bonds is 47. The molecule has 60 heavy (non-hydrogen) atoms. The number of hydrogen-bond acceptors (Lipinski definition) is 6. The van der Waals surface area contributed by atoms with Crippen LogP contribution in [0.25, 0.3) is 0 Å². The van der Waals surface area contributed by atoms with Crippen molar-refractivity contribution in [2.24, 2.45) is 17.8 Å². The number of ether oxygens (including phenoxy) is 3. The van der Waals surface area contributed by atoms with Gasteiger partial charge in [-0.1, -0.05) is 253 Å². The van der Waals surface area contributed by atoms with Crippen molar-refractivity contribution in [3.8, 4) is 0 Å². The Labute approximate surface area is 374 Å². The van der Waals surface area contributed by atoms with E-state index in [2.05, 4.69) is 41.5 Å². The molecule has 0 aliphatic heterocycles. The molecular formula is C54H104O6. The summed E-state index contributed by atoms with van der Waals surface area (Å²) in [7, 11) is 0. The molecule has 1 atom stereocenters. The summed E-state index contributed by atoms with van der Waals surface area (Å²) in [6.07, 6.45) is 45.3. The number of carbonyl (C=O) groups is 3. The second-order valence-corrected chi connectivity index (χ2v) is 19.9. The van der Waals surface area contributed by atoms with Gasteiger partial charge in [0.05, 0.1) is 0 Å². The molecule has 0 saturated heterocycles. The van der Waals surface area contributed by atoms with Crippen molar-refractivity contribution in [2.75, 3.05) is 13.2 Å². The van der Waals surface area contributed by atoms with E-state index in [-0.39, 0.29) is 31.1 Å². The Balaban J connectivity index is 4.26. The predicted molar refractivity (Wildman–Crippen MR) is 256 cm³/mol. The van der Waals surface area contributed by atoms with Crippen LogP contribution in [0.4, 0.5) is 0 Å². The molecule has 0 aromatic carbocycles. The lowest BCUT2D eigenvalue weighted by atomic mass is 10.0. The normalized spacial score (nSPS) is 12.2. The van der Waals surface area contributed by atoms with Crippen LogP contribution in [0.1, 0.15) is 292 Å². The van der Waals surface area contributed by atoms with E-state index in [1.807, 2.05) is 0 Å². The number of unbranched alkanes of at least 4 members (excludes halogenated alkanes) is 30. The van der Waals surface area contributed by atoms with Crippen LogP contribution in [0, 0.1) is 17.8 Å². The van der Waals surface area contributed by atoms with Crippen LogP contribution in [0.2, 0.25) is 0 Å². The largest absolute Gasteiger partial charge is 0.462 e. The highest BCUT2D eigenvalue weighted by Crippen LogP contribution is 2.18. The Bertz CT molecular complexity index is 929. The second kappa shape index (κ2) is 45.4. The SMILES string of the molecule is CC(C)CCCCCCCCCCCCCCCCCC(=O)OC[C@@H](COC(=O)CCCCCCCCCC(C)C)OC(=O)CCCCCCCCCCCCCC(C)C. The van der Waals surface area contributed by atoms with Gasteiger partial charge < -0.3 is 14.2 Å². The predicted octanol–water partition coefficient (Wildman–Crippen LogP) is 17.2. The minimum Gasteiger partial charge on any atom is -0.462 e. The van der Waals surface area contributed by atoms with Crippen molar-refractivity contribution in [3.05, 3.63) is 0 Å².